The maximum atomic E-state index is 5.34. The molecule has 0 rings (SSSR count). The van der Waals surface area contributed by atoms with Crippen LogP contribution in [0, 0.1) is 0 Å². The fourth-order valence-corrected chi connectivity index (χ4v) is 0.811. The van der Waals surface area contributed by atoms with Crippen LogP contribution in [0.25, 0.3) is 0 Å². The lowest BCUT2D eigenvalue weighted by atomic mass is 10.5. The van der Waals surface area contributed by atoms with Crippen molar-refractivity contribution < 1.29 is 14.2 Å². The second kappa shape index (κ2) is 6.03. The molecule has 3 heteroatoms. The van der Waals surface area contributed by atoms with Gasteiger partial charge in [0.25, 0.3) is 0 Å². The molecule has 0 aromatic carbocycles. The molecule has 1 unspecified atom stereocenters. The van der Waals surface area contributed by atoms with Crippen LogP contribution in [-0.4, -0.2) is 19.2 Å². The number of hydrogen-bond acceptors (Lipinski definition) is 3. The summed E-state index contributed by atoms with van der Waals surface area (Å²) in [6.45, 7) is 10.3. The molecule has 0 saturated carbocycles. The first-order valence-electron chi connectivity index (χ1n) is 4.25. The van der Waals surface area contributed by atoms with Crippen molar-refractivity contribution in [2.45, 2.75) is 33.2 Å². The van der Waals surface area contributed by atoms with E-state index in [1.54, 1.807) is 6.92 Å². The van der Waals surface area contributed by atoms with Crippen LogP contribution in [0.3, 0.4) is 0 Å². The molecule has 0 aromatic rings. The van der Waals surface area contributed by atoms with Gasteiger partial charge < -0.3 is 14.2 Å². The van der Waals surface area contributed by atoms with E-state index in [0.29, 0.717) is 13.2 Å². The van der Waals surface area contributed by atoms with Crippen molar-refractivity contribution in [2.75, 3.05) is 13.2 Å². The molecule has 0 bridgehead atoms. The predicted molar refractivity (Wildman–Crippen MR) is 47.6 cm³/mol. The Morgan fingerprint density at radius 2 is 2.00 bits per heavy atom. The van der Waals surface area contributed by atoms with Crippen LogP contribution < -0.4 is 0 Å². The molecule has 0 fully saturated rings. The van der Waals surface area contributed by atoms with Crippen molar-refractivity contribution in [1.29, 1.82) is 0 Å². The van der Waals surface area contributed by atoms with Gasteiger partial charge in [-0.25, -0.2) is 0 Å². The van der Waals surface area contributed by atoms with Gasteiger partial charge in [-0.15, -0.1) is 0 Å². The van der Waals surface area contributed by atoms with Crippen molar-refractivity contribution in [1.82, 2.24) is 0 Å². The van der Waals surface area contributed by atoms with Gasteiger partial charge in [0, 0.05) is 6.92 Å². The molecule has 0 aliphatic heterocycles. The zero-order chi connectivity index (χ0) is 9.45. The van der Waals surface area contributed by atoms with Gasteiger partial charge in [0.1, 0.15) is 0 Å². The van der Waals surface area contributed by atoms with E-state index in [4.69, 9.17) is 14.2 Å². The number of rotatable bonds is 7. The molecule has 0 saturated heterocycles. The highest BCUT2D eigenvalue weighted by Crippen LogP contribution is 2.14. The van der Waals surface area contributed by atoms with E-state index in [9.17, 15) is 0 Å². The molecule has 72 valence electrons. The predicted octanol–water partition coefficient (Wildman–Crippen LogP) is 2.28. The minimum absolute atomic E-state index is 0.550. The standard InChI is InChI=1S/C9H18O3/c1-5-8-12-9(4,10-6-2)11-7-3/h6H,2,5,7-8H2,1,3-4H3. The smallest absolute Gasteiger partial charge is 0.323 e. The normalized spacial score (nSPS) is 15.2. The summed E-state index contributed by atoms with van der Waals surface area (Å²) in [6.07, 6.45) is 2.26. The van der Waals surface area contributed by atoms with E-state index in [2.05, 4.69) is 6.58 Å². The van der Waals surface area contributed by atoms with E-state index in [1.807, 2.05) is 13.8 Å². The Labute approximate surface area is 74.3 Å². The van der Waals surface area contributed by atoms with Crippen molar-refractivity contribution >= 4 is 0 Å². The fourth-order valence-electron chi connectivity index (χ4n) is 0.811. The van der Waals surface area contributed by atoms with E-state index in [-0.39, 0.29) is 0 Å². The summed E-state index contributed by atoms with van der Waals surface area (Å²) in [5, 5.41) is 0. The summed E-state index contributed by atoms with van der Waals surface area (Å²) >= 11 is 0. The molecule has 0 aromatic heterocycles. The minimum atomic E-state index is -0.966. The van der Waals surface area contributed by atoms with Gasteiger partial charge in [0.2, 0.25) is 0 Å². The Morgan fingerprint density at radius 1 is 1.33 bits per heavy atom. The molecule has 0 amide bonds. The Hall–Kier alpha value is -0.540. The van der Waals surface area contributed by atoms with Gasteiger partial charge in [-0.05, 0) is 13.3 Å². The molecule has 0 aliphatic carbocycles. The Balaban J connectivity index is 3.88. The molecule has 12 heavy (non-hydrogen) atoms. The molecule has 0 heterocycles. The highest BCUT2D eigenvalue weighted by molar-refractivity contribution is 4.56. The van der Waals surface area contributed by atoms with Gasteiger partial charge in [-0.3, -0.25) is 0 Å². The van der Waals surface area contributed by atoms with Gasteiger partial charge in [0.15, 0.2) is 0 Å². The number of hydrogen-bond donors (Lipinski definition) is 0. The average Bonchev–Trinajstić information content (AvgIpc) is 2.02. The highest BCUT2D eigenvalue weighted by atomic mass is 16.9. The summed E-state index contributed by atoms with van der Waals surface area (Å²) in [5.74, 6) is -0.966. The maximum absolute atomic E-state index is 5.34. The SMILES string of the molecule is C=COC(C)(OCC)OCCC. The Bertz CT molecular complexity index is 125. The van der Waals surface area contributed by atoms with Crippen molar-refractivity contribution in [2.24, 2.45) is 0 Å². The quantitative estimate of drug-likeness (QED) is 0.438. The molecule has 0 radical (unpaired) electrons. The first-order valence-corrected chi connectivity index (χ1v) is 4.25. The van der Waals surface area contributed by atoms with E-state index < -0.39 is 5.97 Å². The van der Waals surface area contributed by atoms with Gasteiger partial charge in [-0.2, -0.15) is 0 Å². The van der Waals surface area contributed by atoms with Crippen molar-refractivity contribution in [3.63, 3.8) is 0 Å². The molecule has 0 spiro atoms. The van der Waals surface area contributed by atoms with E-state index in [1.165, 1.54) is 6.26 Å². The summed E-state index contributed by atoms with van der Waals surface area (Å²) < 4.78 is 15.7. The summed E-state index contributed by atoms with van der Waals surface area (Å²) in [5.41, 5.74) is 0. The van der Waals surface area contributed by atoms with Crippen LogP contribution in [-0.2, 0) is 14.2 Å². The van der Waals surface area contributed by atoms with Crippen molar-refractivity contribution in [3.8, 4) is 0 Å². The summed E-state index contributed by atoms with van der Waals surface area (Å²) in [6, 6.07) is 0. The molecular weight excluding hydrogens is 156 g/mol. The fraction of sp³-hybridized carbons (Fsp3) is 0.778. The third-order valence-corrected chi connectivity index (χ3v) is 1.27. The summed E-state index contributed by atoms with van der Waals surface area (Å²) in [4.78, 5) is 0. The largest absolute Gasteiger partial charge is 0.448 e. The minimum Gasteiger partial charge on any atom is -0.448 e. The van der Waals surface area contributed by atoms with Crippen LogP contribution in [0.1, 0.15) is 27.2 Å². The van der Waals surface area contributed by atoms with E-state index in [0.717, 1.165) is 6.42 Å². The van der Waals surface area contributed by atoms with E-state index >= 15 is 0 Å². The van der Waals surface area contributed by atoms with Crippen LogP contribution >= 0.6 is 0 Å². The first kappa shape index (κ1) is 11.5. The molecule has 0 N–H and O–H groups in total. The Kier molecular flexibility index (Phi) is 5.76. The Morgan fingerprint density at radius 3 is 2.42 bits per heavy atom. The van der Waals surface area contributed by atoms with Gasteiger partial charge >= 0.3 is 5.97 Å². The average molecular weight is 174 g/mol. The molecule has 0 aliphatic rings. The molecular formula is C9H18O3. The highest BCUT2D eigenvalue weighted by Gasteiger charge is 2.25. The lowest BCUT2D eigenvalue weighted by Gasteiger charge is -2.27. The third-order valence-electron chi connectivity index (χ3n) is 1.27. The topological polar surface area (TPSA) is 27.7 Å². The second-order valence-electron chi connectivity index (χ2n) is 2.43. The van der Waals surface area contributed by atoms with Crippen LogP contribution in [0.2, 0.25) is 0 Å². The number of ether oxygens (including phenoxy) is 3. The maximum Gasteiger partial charge on any atom is 0.323 e. The third kappa shape index (κ3) is 4.36. The first-order chi connectivity index (χ1) is 5.68. The van der Waals surface area contributed by atoms with Crippen LogP contribution in [0.15, 0.2) is 12.8 Å². The van der Waals surface area contributed by atoms with Crippen LogP contribution in [0.4, 0.5) is 0 Å². The van der Waals surface area contributed by atoms with Gasteiger partial charge in [-0.1, -0.05) is 13.5 Å². The zero-order valence-corrected chi connectivity index (χ0v) is 8.13. The summed E-state index contributed by atoms with van der Waals surface area (Å²) in [7, 11) is 0. The lowest BCUT2D eigenvalue weighted by molar-refractivity contribution is -0.348. The van der Waals surface area contributed by atoms with Gasteiger partial charge in [0.05, 0.1) is 19.5 Å². The lowest BCUT2D eigenvalue weighted by Crippen LogP contribution is -2.34. The monoisotopic (exact) mass is 174 g/mol. The van der Waals surface area contributed by atoms with Crippen molar-refractivity contribution in [3.05, 3.63) is 12.8 Å². The second-order valence-corrected chi connectivity index (χ2v) is 2.43. The zero-order valence-electron chi connectivity index (χ0n) is 8.13. The molecule has 3 nitrogen and oxygen atoms in total. The van der Waals surface area contributed by atoms with Crippen LogP contribution in [0.5, 0.6) is 0 Å². The molecule has 1 atom stereocenters.